The maximum Gasteiger partial charge on any atom is 0.328 e. The van der Waals surface area contributed by atoms with Gasteiger partial charge < -0.3 is 19.8 Å². The zero-order valence-electron chi connectivity index (χ0n) is 10.7. The van der Waals surface area contributed by atoms with E-state index in [2.05, 4.69) is 0 Å². The van der Waals surface area contributed by atoms with Gasteiger partial charge in [0.1, 0.15) is 5.75 Å². The number of hydrogen-bond donors (Lipinski definition) is 2. The van der Waals surface area contributed by atoms with E-state index in [4.69, 9.17) is 14.9 Å². The molecule has 1 atom stereocenters. The predicted molar refractivity (Wildman–Crippen MR) is 71.1 cm³/mol. The zero-order valence-corrected chi connectivity index (χ0v) is 10.7. The number of carboxylic acids is 1. The van der Waals surface area contributed by atoms with Crippen LogP contribution in [0.25, 0.3) is 6.08 Å². The third kappa shape index (κ3) is 3.36. The lowest BCUT2D eigenvalue weighted by atomic mass is 10.2. The van der Waals surface area contributed by atoms with Crippen molar-refractivity contribution in [2.45, 2.75) is 6.04 Å². The molecule has 1 heterocycles. The molecule has 2 rings (SSSR count). The quantitative estimate of drug-likeness (QED) is 0.795. The first-order valence-electron chi connectivity index (χ1n) is 6.16. The lowest BCUT2D eigenvalue weighted by Crippen LogP contribution is -2.52. The van der Waals surface area contributed by atoms with Gasteiger partial charge >= 0.3 is 5.97 Å². The number of rotatable bonds is 3. The Kier molecular flexibility index (Phi) is 4.37. The number of carbonyl (C=O) groups is 2. The first-order valence-corrected chi connectivity index (χ1v) is 6.16. The summed E-state index contributed by atoms with van der Waals surface area (Å²) in [4.78, 5) is 24.4. The van der Waals surface area contributed by atoms with Gasteiger partial charge in [-0.25, -0.2) is 4.79 Å². The van der Waals surface area contributed by atoms with Gasteiger partial charge in [0.2, 0.25) is 5.91 Å². The molecule has 1 saturated heterocycles. The second kappa shape index (κ2) is 6.21. The van der Waals surface area contributed by atoms with E-state index in [1.165, 1.54) is 23.1 Å². The van der Waals surface area contributed by atoms with Crippen molar-refractivity contribution in [2.75, 3.05) is 19.8 Å². The van der Waals surface area contributed by atoms with Gasteiger partial charge in [-0.05, 0) is 23.8 Å². The number of carbonyl (C=O) groups excluding carboxylic acids is 1. The number of amides is 1. The van der Waals surface area contributed by atoms with E-state index in [9.17, 15) is 9.59 Å². The fourth-order valence-corrected chi connectivity index (χ4v) is 1.92. The maximum absolute atomic E-state index is 12.0. The molecule has 1 aliphatic rings. The monoisotopic (exact) mass is 277 g/mol. The molecule has 1 aromatic carbocycles. The molecule has 1 fully saturated rings. The van der Waals surface area contributed by atoms with Gasteiger partial charge in [-0.3, -0.25) is 4.79 Å². The highest BCUT2D eigenvalue weighted by Gasteiger charge is 2.31. The van der Waals surface area contributed by atoms with Crippen LogP contribution in [0.15, 0.2) is 30.3 Å². The van der Waals surface area contributed by atoms with E-state index < -0.39 is 12.0 Å². The highest BCUT2D eigenvalue weighted by Crippen LogP contribution is 2.12. The zero-order chi connectivity index (χ0) is 14.5. The summed E-state index contributed by atoms with van der Waals surface area (Å²) < 4.78 is 5.07. The molecule has 0 aliphatic carbocycles. The second-order valence-electron chi connectivity index (χ2n) is 4.39. The van der Waals surface area contributed by atoms with Gasteiger partial charge in [0.15, 0.2) is 6.04 Å². The van der Waals surface area contributed by atoms with Gasteiger partial charge in [0.25, 0.3) is 0 Å². The Labute approximate surface area is 115 Å². The van der Waals surface area contributed by atoms with Gasteiger partial charge in [-0.2, -0.15) is 0 Å². The number of morpholine rings is 1. The van der Waals surface area contributed by atoms with Crippen molar-refractivity contribution in [1.82, 2.24) is 4.90 Å². The van der Waals surface area contributed by atoms with E-state index >= 15 is 0 Å². The van der Waals surface area contributed by atoms with Gasteiger partial charge in [0.05, 0.1) is 13.2 Å². The lowest BCUT2D eigenvalue weighted by Gasteiger charge is -2.31. The summed E-state index contributed by atoms with van der Waals surface area (Å²) in [5.41, 5.74) is 0.747. The summed E-state index contributed by atoms with van der Waals surface area (Å²) in [7, 11) is 0. The molecular formula is C14H15NO5. The summed E-state index contributed by atoms with van der Waals surface area (Å²) >= 11 is 0. The van der Waals surface area contributed by atoms with Crippen molar-refractivity contribution in [2.24, 2.45) is 0 Å². The third-order valence-corrected chi connectivity index (χ3v) is 3.01. The highest BCUT2D eigenvalue weighted by atomic mass is 16.5. The molecule has 0 bridgehead atoms. The largest absolute Gasteiger partial charge is 0.508 e. The molecule has 0 spiro atoms. The molecule has 106 valence electrons. The van der Waals surface area contributed by atoms with Crippen molar-refractivity contribution in [1.29, 1.82) is 0 Å². The number of phenolic OH excluding ortho intramolecular Hbond substituents is 1. The van der Waals surface area contributed by atoms with Crippen LogP contribution in [0.2, 0.25) is 0 Å². The van der Waals surface area contributed by atoms with Gasteiger partial charge in [-0.1, -0.05) is 12.1 Å². The molecule has 0 saturated carbocycles. The average molecular weight is 277 g/mol. The number of hydrogen-bond acceptors (Lipinski definition) is 4. The molecule has 20 heavy (non-hydrogen) atoms. The molecule has 0 aromatic heterocycles. The van der Waals surface area contributed by atoms with Gasteiger partial charge in [0, 0.05) is 12.6 Å². The molecule has 1 aliphatic heterocycles. The molecule has 6 heteroatoms. The van der Waals surface area contributed by atoms with E-state index in [0.29, 0.717) is 6.61 Å². The van der Waals surface area contributed by atoms with Gasteiger partial charge in [-0.15, -0.1) is 0 Å². The van der Waals surface area contributed by atoms with Crippen LogP contribution in [-0.4, -0.2) is 52.8 Å². The van der Waals surface area contributed by atoms with Crippen molar-refractivity contribution >= 4 is 18.0 Å². The Morgan fingerprint density at radius 1 is 1.30 bits per heavy atom. The minimum absolute atomic E-state index is 0.00806. The summed E-state index contributed by atoms with van der Waals surface area (Å²) in [5.74, 6) is -1.29. The number of phenols is 1. The van der Waals surface area contributed by atoms with Crippen molar-refractivity contribution in [3.05, 3.63) is 35.9 Å². The van der Waals surface area contributed by atoms with E-state index in [1.807, 2.05) is 0 Å². The minimum atomic E-state index is -1.07. The minimum Gasteiger partial charge on any atom is -0.508 e. The van der Waals surface area contributed by atoms with E-state index in [-0.39, 0.29) is 24.8 Å². The molecule has 1 aromatic rings. The van der Waals surface area contributed by atoms with E-state index in [1.54, 1.807) is 18.2 Å². The molecule has 1 unspecified atom stereocenters. The van der Waals surface area contributed by atoms with Crippen LogP contribution in [0.5, 0.6) is 5.75 Å². The first kappa shape index (κ1) is 14.1. The Morgan fingerprint density at radius 3 is 2.65 bits per heavy atom. The number of ether oxygens (including phenoxy) is 1. The Hall–Kier alpha value is -2.34. The molecule has 6 nitrogen and oxygen atoms in total. The third-order valence-electron chi connectivity index (χ3n) is 3.01. The van der Waals surface area contributed by atoms with Crippen molar-refractivity contribution < 1.29 is 24.5 Å². The summed E-state index contributed by atoms with van der Waals surface area (Å²) in [6.45, 7) is 0.604. The Bertz CT molecular complexity index is 523. The Morgan fingerprint density at radius 2 is 2.00 bits per heavy atom. The summed E-state index contributed by atoms with van der Waals surface area (Å²) in [6, 6.07) is 5.40. The summed E-state index contributed by atoms with van der Waals surface area (Å²) in [6.07, 6.45) is 2.91. The normalized spacial score (nSPS) is 19.2. The maximum atomic E-state index is 12.0. The number of nitrogens with zero attached hydrogens (tertiary/aromatic N) is 1. The van der Waals surface area contributed by atoms with Crippen LogP contribution in [-0.2, 0) is 14.3 Å². The highest BCUT2D eigenvalue weighted by molar-refractivity contribution is 5.94. The van der Waals surface area contributed by atoms with Crippen LogP contribution in [0, 0.1) is 0 Å². The number of aliphatic carboxylic acids is 1. The molecule has 1 amide bonds. The van der Waals surface area contributed by atoms with Crippen LogP contribution < -0.4 is 0 Å². The van der Waals surface area contributed by atoms with Crippen LogP contribution >= 0.6 is 0 Å². The topological polar surface area (TPSA) is 87.1 Å². The van der Waals surface area contributed by atoms with Crippen LogP contribution in [0.4, 0.5) is 0 Å². The standard InChI is InChI=1S/C14H15NO5/c16-11-4-1-10(2-5-11)3-6-13(17)15-7-8-20-9-12(15)14(18)19/h1-6,12,16H,7-9H2,(H,18,19). The van der Waals surface area contributed by atoms with Crippen molar-refractivity contribution in [3.8, 4) is 5.75 Å². The lowest BCUT2D eigenvalue weighted by molar-refractivity contribution is -0.156. The molecule has 0 radical (unpaired) electrons. The summed E-state index contributed by atoms with van der Waals surface area (Å²) in [5, 5.41) is 18.2. The number of benzene rings is 1. The van der Waals surface area contributed by atoms with E-state index in [0.717, 1.165) is 5.56 Å². The SMILES string of the molecule is O=C(O)C1COCCN1C(=O)C=Cc1ccc(O)cc1. The average Bonchev–Trinajstić information content (AvgIpc) is 2.46. The fraction of sp³-hybridized carbons (Fsp3) is 0.286. The molecular weight excluding hydrogens is 262 g/mol. The number of aromatic hydroxyl groups is 1. The fourth-order valence-electron chi connectivity index (χ4n) is 1.92. The molecule has 2 N–H and O–H groups in total. The smallest absolute Gasteiger partial charge is 0.328 e. The van der Waals surface area contributed by atoms with Crippen LogP contribution in [0.3, 0.4) is 0 Å². The second-order valence-corrected chi connectivity index (χ2v) is 4.39. The first-order chi connectivity index (χ1) is 9.58. The Balaban J connectivity index is 2.06. The number of carboxylic acid groups (broad SMARTS) is 1. The van der Waals surface area contributed by atoms with Crippen LogP contribution in [0.1, 0.15) is 5.56 Å². The van der Waals surface area contributed by atoms with Crippen molar-refractivity contribution in [3.63, 3.8) is 0 Å². The predicted octanol–water partition coefficient (Wildman–Crippen LogP) is 0.717.